The lowest BCUT2D eigenvalue weighted by Gasteiger charge is -2.36. The zero-order chi connectivity index (χ0) is 12.7. The molecule has 1 rings (SSSR count). The van der Waals surface area contributed by atoms with E-state index >= 15 is 0 Å². The normalized spacial score (nSPS) is 28.2. The maximum Gasteiger partial charge on any atom is 0.00671 e. The standard InChI is InChI=1S/C15H32N2/c1-5-16-14(3)8-6-7-11-17-12-13(2)9-10-15(17)4/h13-16H,5-12H2,1-4H3. The highest BCUT2D eigenvalue weighted by molar-refractivity contribution is 4.76. The molecular formula is C15H32N2. The summed E-state index contributed by atoms with van der Waals surface area (Å²) in [6, 6.07) is 1.51. The number of likely N-dealkylation sites (tertiary alicyclic amines) is 1. The first kappa shape index (κ1) is 15.0. The molecule has 102 valence electrons. The maximum absolute atomic E-state index is 3.49. The first-order valence-corrected chi connectivity index (χ1v) is 7.61. The fraction of sp³-hybridized carbons (Fsp3) is 1.00. The van der Waals surface area contributed by atoms with Crippen LogP contribution in [-0.2, 0) is 0 Å². The highest BCUT2D eigenvalue weighted by atomic mass is 15.2. The average molecular weight is 240 g/mol. The lowest BCUT2D eigenvalue weighted by molar-refractivity contribution is 0.122. The number of nitrogens with one attached hydrogen (secondary N) is 1. The van der Waals surface area contributed by atoms with E-state index in [0.29, 0.717) is 6.04 Å². The van der Waals surface area contributed by atoms with E-state index in [4.69, 9.17) is 0 Å². The minimum atomic E-state index is 0.692. The molecule has 1 saturated heterocycles. The summed E-state index contributed by atoms with van der Waals surface area (Å²) in [5.74, 6) is 0.909. The molecule has 0 aromatic carbocycles. The summed E-state index contributed by atoms with van der Waals surface area (Å²) in [6.07, 6.45) is 6.88. The van der Waals surface area contributed by atoms with Crippen molar-refractivity contribution in [3.63, 3.8) is 0 Å². The van der Waals surface area contributed by atoms with Crippen LogP contribution < -0.4 is 5.32 Å². The van der Waals surface area contributed by atoms with Gasteiger partial charge in [0.05, 0.1) is 0 Å². The highest BCUT2D eigenvalue weighted by Crippen LogP contribution is 2.21. The van der Waals surface area contributed by atoms with Crippen molar-refractivity contribution in [2.45, 2.75) is 71.9 Å². The lowest BCUT2D eigenvalue weighted by Crippen LogP contribution is -2.41. The minimum absolute atomic E-state index is 0.692. The number of hydrogen-bond donors (Lipinski definition) is 1. The van der Waals surface area contributed by atoms with E-state index in [2.05, 4.69) is 37.9 Å². The van der Waals surface area contributed by atoms with E-state index in [0.717, 1.165) is 18.5 Å². The Morgan fingerprint density at radius 3 is 2.71 bits per heavy atom. The fourth-order valence-corrected chi connectivity index (χ4v) is 2.91. The third kappa shape index (κ3) is 5.87. The van der Waals surface area contributed by atoms with Crippen LogP contribution in [0.1, 0.15) is 59.8 Å². The zero-order valence-electron chi connectivity index (χ0n) is 12.3. The van der Waals surface area contributed by atoms with Crippen LogP contribution in [0.15, 0.2) is 0 Å². The van der Waals surface area contributed by atoms with Gasteiger partial charge in [-0.1, -0.05) is 20.3 Å². The van der Waals surface area contributed by atoms with Gasteiger partial charge in [0.25, 0.3) is 0 Å². The zero-order valence-corrected chi connectivity index (χ0v) is 12.3. The van der Waals surface area contributed by atoms with Crippen molar-refractivity contribution < 1.29 is 0 Å². The van der Waals surface area contributed by atoms with Crippen molar-refractivity contribution in [2.75, 3.05) is 19.6 Å². The number of piperidine rings is 1. The summed E-state index contributed by atoms with van der Waals surface area (Å²) in [7, 11) is 0. The number of nitrogens with zero attached hydrogens (tertiary/aromatic N) is 1. The van der Waals surface area contributed by atoms with Gasteiger partial charge < -0.3 is 10.2 Å². The van der Waals surface area contributed by atoms with Crippen LogP contribution in [0.5, 0.6) is 0 Å². The van der Waals surface area contributed by atoms with Gasteiger partial charge in [-0.15, -0.1) is 0 Å². The molecule has 0 aliphatic carbocycles. The first-order valence-electron chi connectivity index (χ1n) is 7.61. The second kappa shape index (κ2) is 8.10. The predicted octanol–water partition coefficient (Wildman–Crippen LogP) is 3.28. The summed E-state index contributed by atoms with van der Waals surface area (Å²) in [5.41, 5.74) is 0. The third-order valence-corrected chi connectivity index (χ3v) is 4.13. The van der Waals surface area contributed by atoms with E-state index in [1.165, 1.54) is 45.2 Å². The first-order chi connectivity index (χ1) is 8.13. The van der Waals surface area contributed by atoms with Crippen LogP contribution in [0.2, 0.25) is 0 Å². The molecule has 3 unspecified atom stereocenters. The van der Waals surface area contributed by atoms with Crippen LogP contribution in [0, 0.1) is 5.92 Å². The van der Waals surface area contributed by atoms with Crippen LogP contribution in [0.3, 0.4) is 0 Å². The SMILES string of the molecule is CCNC(C)CCCCN1CC(C)CCC1C. The molecule has 3 atom stereocenters. The molecule has 1 fully saturated rings. The molecule has 17 heavy (non-hydrogen) atoms. The van der Waals surface area contributed by atoms with Crippen molar-refractivity contribution in [1.82, 2.24) is 10.2 Å². The van der Waals surface area contributed by atoms with E-state index in [9.17, 15) is 0 Å². The molecule has 0 spiro atoms. The molecule has 2 nitrogen and oxygen atoms in total. The monoisotopic (exact) mass is 240 g/mol. The van der Waals surface area contributed by atoms with E-state index in [1.54, 1.807) is 0 Å². The van der Waals surface area contributed by atoms with Gasteiger partial charge in [-0.2, -0.15) is 0 Å². The van der Waals surface area contributed by atoms with Gasteiger partial charge in [-0.05, 0) is 58.5 Å². The summed E-state index contributed by atoms with van der Waals surface area (Å²) in [4.78, 5) is 2.70. The van der Waals surface area contributed by atoms with Crippen molar-refractivity contribution in [1.29, 1.82) is 0 Å². The lowest BCUT2D eigenvalue weighted by atomic mass is 9.95. The summed E-state index contributed by atoms with van der Waals surface area (Å²) in [5, 5.41) is 3.49. The summed E-state index contributed by atoms with van der Waals surface area (Å²) >= 11 is 0. The molecule has 0 saturated carbocycles. The van der Waals surface area contributed by atoms with Gasteiger partial charge in [-0.3, -0.25) is 0 Å². The van der Waals surface area contributed by atoms with E-state index in [-0.39, 0.29) is 0 Å². The smallest absolute Gasteiger partial charge is 0.00671 e. The Morgan fingerprint density at radius 2 is 2.00 bits per heavy atom. The predicted molar refractivity (Wildman–Crippen MR) is 76.4 cm³/mol. The minimum Gasteiger partial charge on any atom is -0.315 e. The molecule has 0 aromatic heterocycles. The Labute approximate surface area is 108 Å². The molecule has 1 aliphatic rings. The van der Waals surface area contributed by atoms with Crippen LogP contribution in [0.25, 0.3) is 0 Å². The van der Waals surface area contributed by atoms with Gasteiger partial charge in [0.1, 0.15) is 0 Å². The van der Waals surface area contributed by atoms with Crippen molar-refractivity contribution >= 4 is 0 Å². The number of rotatable bonds is 7. The summed E-state index contributed by atoms with van der Waals surface area (Å²) < 4.78 is 0. The largest absolute Gasteiger partial charge is 0.315 e. The number of unbranched alkanes of at least 4 members (excludes halogenated alkanes) is 1. The molecule has 1 N–H and O–H groups in total. The Morgan fingerprint density at radius 1 is 1.24 bits per heavy atom. The molecule has 1 heterocycles. The third-order valence-electron chi connectivity index (χ3n) is 4.13. The summed E-state index contributed by atoms with van der Waals surface area (Å²) in [6.45, 7) is 13.0. The molecule has 0 radical (unpaired) electrons. The van der Waals surface area contributed by atoms with E-state index < -0.39 is 0 Å². The Balaban J connectivity index is 2.08. The van der Waals surface area contributed by atoms with Gasteiger partial charge in [0, 0.05) is 18.6 Å². The second-order valence-electron chi connectivity index (χ2n) is 5.98. The van der Waals surface area contributed by atoms with Crippen LogP contribution >= 0.6 is 0 Å². The van der Waals surface area contributed by atoms with Gasteiger partial charge in [0.2, 0.25) is 0 Å². The fourth-order valence-electron chi connectivity index (χ4n) is 2.91. The highest BCUT2D eigenvalue weighted by Gasteiger charge is 2.21. The second-order valence-corrected chi connectivity index (χ2v) is 5.98. The van der Waals surface area contributed by atoms with Crippen molar-refractivity contribution in [2.24, 2.45) is 5.92 Å². The average Bonchev–Trinajstić information content (AvgIpc) is 2.29. The van der Waals surface area contributed by atoms with Gasteiger partial charge in [0.15, 0.2) is 0 Å². The Kier molecular flexibility index (Phi) is 7.14. The molecule has 2 heteroatoms. The van der Waals surface area contributed by atoms with Crippen LogP contribution in [-0.4, -0.2) is 36.6 Å². The van der Waals surface area contributed by atoms with Gasteiger partial charge >= 0.3 is 0 Å². The van der Waals surface area contributed by atoms with Crippen LogP contribution in [0.4, 0.5) is 0 Å². The van der Waals surface area contributed by atoms with Crippen molar-refractivity contribution in [3.05, 3.63) is 0 Å². The Hall–Kier alpha value is -0.0800. The molecule has 0 amide bonds. The Bertz CT molecular complexity index is 193. The molecule has 0 bridgehead atoms. The quantitative estimate of drug-likeness (QED) is 0.687. The number of hydrogen-bond acceptors (Lipinski definition) is 2. The maximum atomic E-state index is 3.49. The van der Waals surface area contributed by atoms with Crippen molar-refractivity contribution in [3.8, 4) is 0 Å². The van der Waals surface area contributed by atoms with Gasteiger partial charge in [-0.25, -0.2) is 0 Å². The molecular weight excluding hydrogens is 208 g/mol. The molecule has 1 aliphatic heterocycles. The van der Waals surface area contributed by atoms with E-state index in [1.807, 2.05) is 0 Å². The topological polar surface area (TPSA) is 15.3 Å². The molecule has 0 aromatic rings.